The molecule has 6 nitrogen and oxygen atoms in total. The normalized spacial score (nSPS) is 13.9. The van der Waals surface area contributed by atoms with E-state index in [1.165, 1.54) is 0 Å². The topological polar surface area (TPSA) is 78.9 Å². The van der Waals surface area contributed by atoms with Gasteiger partial charge in [-0.15, -0.1) is 0 Å². The maximum Gasteiger partial charge on any atom is 0.221 e. The smallest absolute Gasteiger partial charge is 0.221 e. The van der Waals surface area contributed by atoms with Gasteiger partial charge in [-0.3, -0.25) is 4.79 Å². The molecule has 1 aliphatic rings. The quantitative estimate of drug-likeness (QED) is 0.682. The molecule has 0 spiro atoms. The highest BCUT2D eigenvalue weighted by Crippen LogP contribution is 2.20. The van der Waals surface area contributed by atoms with E-state index in [1.807, 2.05) is 13.8 Å². The number of carbonyl (C=O) groups excluding carboxylic acids is 1. The first-order valence-corrected chi connectivity index (χ1v) is 7.72. The Labute approximate surface area is 126 Å². The van der Waals surface area contributed by atoms with Gasteiger partial charge in [0.25, 0.3) is 0 Å². The van der Waals surface area contributed by atoms with Gasteiger partial charge in [0.2, 0.25) is 5.91 Å². The van der Waals surface area contributed by atoms with Gasteiger partial charge in [-0.05, 0) is 33.1 Å². The van der Waals surface area contributed by atoms with Crippen LogP contribution in [0.25, 0.3) is 0 Å². The van der Waals surface area contributed by atoms with Gasteiger partial charge in [0.05, 0.1) is 0 Å². The molecule has 0 saturated heterocycles. The molecule has 1 fully saturated rings. The molecule has 0 unspecified atom stereocenters. The van der Waals surface area contributed by atoms with Crippen molar-refractivity contribution in [1.82, 2.24) is 15.3 Å². The summed E-state index contributed by atoms with van der Waals surface area (Å²) in [5.74, 6) is 2.51. The number of hydrogen-bond acceptors (Lipinski definition) is 5. The van der Waals surface area contributed by atoms with E-state index in [2.05, 4.69) is 32.8 Å². The van der Waals surface area contributed by atoms with Gasteiger partial charge in [0, 0.05) is 31.1 Å². The second kappa shape index (κ2) is 7.24. The van der Waals surface area contributed by atoms with Crippen LogP contribution in [0.1, 0.15) is 44.0 Å². The van der Waals surface area contributed by atoms with Crippen molar-refractivity contribution in [2.45, 2.75) is 52.5 Å². The van der Waals surface area contributed by atoms with Crippen molar-refractivity contribution in [2.75, 3.05) is 23.7 Å². The Morgan fingerprint density at radius 3 is 2.33 bits per heavy atom. The molecule has 0 bridgehead atoms. The number of anilines is 2. The van der Waals surface area contributed by atoms with Crippen LogP contribution in [0.2, 0.25) is 0 Å². The van der Waals surface area contributed by atoms with E-state index in [1.54, 1.807) is 0 Å². The van der Waals surface area contributed by atoms with E-state index in [4.69, 9.17) is 0 Å². The van der Waals surface area contributed by atoms with Gasteiger partial charge < -0.3 is 16.0 Å². The number of carbonyl (C=O) groups is 1. The Kier molecular flexibility index (Phi) is 5.36. The molecule has 6 heteroatoms. The van der Waals surface area contributed by atoms with Crippen LogP contribution in [0.15, 0.2) is 0 Å². The van der Waals surface area contributed by atoms with Crippen LogP contribution >= 0.6 is 0 Å². The summed E-state index contributed by atoms with van der Waals surface area (Å²) in [6.45, 7) is 7.46. The molecule has 3 N–H and O–H groups in total. The zero-order valence-electron chi connectivity index (χ0n) is 13.1. The van der Waals surface area contributed by atoms with Gasteiger partial charge in [0.1, 0.15) is 17.5 Å². The van der Waals surface area contributed by atoms with Crippen molar-refractivity contribution < 1.29 is 4.79 Å². The molecule has 0 radical (unpaired) electrons. The van der Waals surface area contributed by atoms with Crippen molar-refractivity contribution in [2.24, 2.45) is 0 Å². The van der Waals surface area contributed by atoms with Crippen molar-refractivity contribution >= 4 is 17.5 Å². The fourth-order valence-corrected chi connectivity index (χ4v) is 2.04. The average Bonchev–Trinajstić information content (AvgIpc) is 3.24. The molecule has 1 heterocycles. The number of nitrogens with one attached hydrogen (secondary N) is 3. The minimum absolute atomic E-state index is 0.109. The predicted octanol–water partition coefficient (Wildman–Crippen LogP) is 2.00. The number of hydrogen-bond donors (Lipinski definition) is 3. The molecule has 0 aromatic carbocycles. The lowest BCUT2D eigenvalue weighted by Crippen LogP contribution is -2.27. The molecule has 1 saturated carbocycles. The lowest BCUT2D eigenvalue weighted by molar-refractivity contribution is -0.120. The van der Waals surface area contributed by atoms with E-state index in [-0.39, 0.29) is 5.91 Å². The summed E-state index contributed by atoms with van der Waals surface area (Å²) >= 11 is 0. The van der Waals surface area contributed by atoms with E-state index >= 15 is 0 Å². The number of rotatable bonds is 8. The average molecular weight is 291 g/mol. The summed E-state index contributed by atoms with van der Waals surface area (Å²) in [7, 11) is 0. The summed E-state index contributed by atoms with van der Waals surface area (Å²) in [5.41, 5.74) is 0.997. The lowest BCUT2D eigenvalue weighted by atomic mass is 10.3. The molecule has 1 aromatic heterocycles. The van der Waals surface area contributed by atoms with Gasteiger partial charge >= 0.3 is 0 Å². The summed E-state index contributed by atoms with van der Waals surface area (Å²) < 4.78 is 0. The lowest BCUT2D eigenvalue weighted by Gasteiger charge is -2.14. The summed E-state index contributed by atoms with van der Waals surface area (Å²) in [6, 6.07) is 0.422. The first-order valence-electron chi connectivity index (χ1n) is 7.72. The first kappa shape index (κ1) is 15.5. The molecule has 2 rings (SSSR count). The highest BCUT2D eigenvalue weighted by Gasteiger charge is 2.22. The molecule has 1 aliphatic carbocycles. The van der Waals surface area contributed by atoms with Crippen LogP contribution in [0.3, 0.4) is 0 Å². The largest absolute Gasteiger partial charge is 0.370 e. The maximum absolute atomic E-state index is 11.6. The third-order valence-corrected chi connectivity index (χ3v) is 3.39. The van der Waals surface area contributed by atoms with Crippen molar-refractivity contribution in [3.05, 3.63) is 11.4 Å². The summed E-state index contributed by atoms with van der Waals surface area (Å²) in [6.07, 6.45) is 3.76. The molecular formula is C15H25N5O. The van der Waals surface area contributed by atoms with E-state index in [9.17, 15) is 4.79 Å². The fourth-order valence-electron chi connectivity index (χ4n) is 2.04. The zero-order chi connectivity index (χ0) is 15.2. The molecule has 1 amide bonds. The predicted molar refractivity (Wildman–Crippen MR) is 84.6 cm³/mol. The number of aromatic nitrogens is 2. The minimum atomic E-state index is 0.109. The van der Waals surface area contributed by atoms with Crippen LogP contribution in [-0.2, 0) is 4.79 Å². The zero-order valence-corrected chi connectivity index (χ0v) is 13.1. The maximum atomic E-state index is 11.6. The van der Waals surface area contributed by atoms with E-state index in [0.29, 0.717) is 19.0 Å². The van der Waals surface area contributed by atoms with Crippen molar-refractivity contribution in [3.63, 3.8) is 0 Å². The van der Waals surface area contributed by atoms with Crippen LogP contribution in [0.5, 0.6) is 0 Å². The molecule has 0 atom stereocenters. The fraction of sp³-hybridized carbons (Fsp3) is 0.667. The third-order valence-electron chi connectivity index (χ3n) is 3.39. The number of nitrogens with zero attached hydrogens (tertiary/aromatic N) is 2. The van der Waals surface area contributed by atoms with Gasteiger partial charge in [0.15, 0.2) is 0 Å². The Bertz CT molecular complexity index is 499. The van der Waals surface area contributed by atoms with Gasteiger partial charge in [-0.1, -0.05) is 6.92 Å². The number of aryl methyl sites for hydroxylation is 1. The molecule has 0 aliphatic heterocycles. The molecule has 1 aromatic rings. The Morgan fingerprint density at radius 2 is 1.76 bits per heavy atom. The van der Waals surface area contributed by atoms with E-state index < -0.39 is 0 Å². The standard InChI is InChI=1S/C15H25N5O/c1-4-8-16-14-10(2)15(19-11(3)18-14)17-9-7-13(21)20-12-5-6-12/h12H,4-9H2,1-3H3,(H,20,21)(H2,16,17,18,19). The summed E-state index contributed by atoms with van der Waals surface area (Å²) in [4.78, 5) is 20.5. The monoisotopic (exact) mass is 291 g/mol. The Balaban J connectivity index is 1.88. The van der Waals surface area contributed by atoms with Crippen molar-refractivity contribution in [1.29, 1.82) is 0 Å². The van der Waals surface area contributed by atoms with Crippen LogP contribution in [0, 0.1) is 13.8 Å². The molecule has 116 valence electrons. The minimum Gasteiger partial charge on any atom is -0.370 e. The van der Waals surface area contributed by atoms with E-state index in [0.717, 1.165) is 48.8 Å². The van der Waals surface area contributed by atoms with Crippen LogP contribution in [-0.4, -0.2) is 35.0 Å². The SMILES string of the molecule is CCCNc1nc(C)nc(NCCC(=O)NC2CC2)c1C. The van der Waals surface area contributed by atoms with Crippen molar-refractivity contribution in [3.8, 4) is 0 Å². The third kappa shape index (κ3) is 4.88. The summed E-state index contributed by atoms with van der Waals surface area (Å²) in [5, 5.41) is 9.53. The second-order valence-corrected chi connectivity index (χ2v) is 5.54. The van der Waals surface area contributed by atoms with Gasteiger partial charge in [-0.2, -0.15) is 0 Å². The Morgan fingerprint density at radius 1 is 1.14 bits per heavy atom. The number of amides is 1. The first-order chi connectivity index (χ1) is 10.1. The van der Waals surface area contributed by atoms with Crippen LogP contribution < -0.4 is 16.0 Å². The molecule has 21 heavy (non-hydrogen) atoms. The van der Waals surface area contributed by atoms with Gasteiger partial charge in [-0.25, -0.2) is 9.97 Å². The Hall–Kier alpha value is -1.85. The van der Waals surface area contributed by atoms with Crippen LogP contribution in [0.4, 0.5) is 11.6 Å². The highest BCUT2D eigenvalue weighted by molar-refractivity contribution is 5.77. The highest BCUT2D eigenvalue weighted by atomic mass is 16.1. The second-order valence-electron chi connectivity index (χ2n) is 5.54. The molecular weight excluding hydrogens is 266 g/mol.